The van der Waals surface area contributed by atoms with Crippen LogP contribution in [0.15, 0.2) is 24.3 Å². The quantitative estimate of drug-likeness (QED) is 0.554. The van der Waals surface area contributed by atoms with Gasteiger partial charge >= 0.3 is 0 Å². The Bertz CT molecular complexity index is 388. The number of ketones is 1. The van der Waals surface area contributed by atoms with E-state index in [4.69, 9.17) is 0 Å². The topological polar surface area (TPSA) is 17.1 Å². The van der Waals surface area contributed by atoms with Gasteiger partial charge in [-0.2, -0.15) is 0 Å². The third kappa shape index (κ3) is 3.73. The third-order valence-electron chi connectivity index (χ3n) is 3.87. The standard InChI is InChI=1S/C16H23BO/c1-13(2)11-14-5-7-15(8-6-14)16(18)12-17-9-3-4-10-17/h5-8,13H,3-4,9-12H2,1-2H3. The van der Waals surface area contributed by atoms with Crippen LogP contribution in [-0.2, 0) is 6.42 Å². The van der Waals surface area contributed by atoms with E-state index in [1.165, 1.54) is 31.0 Å². The van der Waals surface area contributed by atoms with E-state index in [0.29, 0.717) is 18.4 Å². The minimum atomic E-state index is 0.331. The van der Waals surface area contributed by atoms with Crippen molar-refractivity contribution in [1.29, 1.82) is 0 Å². The third-order valence-corrected chi connectivity index (χ3v) is 3.87. The van der Waals surface area contributed by atoms with E-state index in [2.05, 4.69) is 26.0 Å². The van der Waals surface area contributed by atoms with Crippen LogP contribution in [0, 0.1) is 5.92 Å². The lowest BCUT2D eigenvalue weighted by atomic mass is 9.45. The zero-order valence-electron chi connectivity index (χ0n) is 11.6. The van der Waals surface area contributed by atoms with E-state index >= 15 is 0 Å². The fraction of sp³-hybridized carbons (Fsp3) is 0.562. The summed E-state index contributed by atoms with van der Waals surface area (Å²) in [6, 6.07) is 8.24. The molecule has 0 unspecified atom stereocenters. The highest BCUT2D eigenvalue weighted by atomic mass is 16.1. The van der Waals surface area contributed by atoms with Crippen LogP contribution < -0.4 is 0 Å². The summed E-state index contributed by atoms with van der Waals surface area (Å²) >= 11 is 0. The molecule has 0 aliphatic carbocycles. The first-order valence-corrected chi connectivity index (χ1v) is 7.27. The van der Waals surface area contributed by atoms with Crippen molar-refractivity contribution in [2.24, 2.45) is 5.92 Å². The summed E-state index contributed by atoms with van der Waals surface area (Å²) in [7, 11) is 0. The van der Waals surface area contributed by atoms with Crippen LogP contribution in [0.1, 0.15) is 42.6 Å². The van der Waals surface area contributed by atoms with Gasteiger partial charge in [-0.15, -0.1) is 0 Å². The Hall–Kier alpha value is -1.05. The van der Waals surface area contributed by atoms with Gasteiger partial charge in [0, 0.05) is 5.56 Å². The summed E-state index contributed by atoms with van der Waals surface area (Å²) < 4.78 is 0. The summed E-state index contributed by atoms with van der Waals surface area (Å²) in [6.07, 6.45) is 6.96. The second-order valence-electron chi connectivity index (χ2n) is 6.07. The molecule has 0 amide bonds. The van der Waals surface area contributed by atoms with Crippen LogP contribution in [0.25, 0.3) is 0 Å². The fourth-order valence-electron chi connectivity index (χ4n) is 2.89. The molecule has 2 rings (SSSR count). The van der Waals surface area contributed by atoms with Gasteiger partial charge in [0.25, 0.3) is 0 Å². The van der Waals surface area contributed by atoms with Crippen LogP contribution in [0.4, 0.5) is 0 Å². The number of carbonyl (C=O) groups is 1. The van der Waals surface area contributed by atoms with E-state index in [0.717, 1.165) is 18.3 Å². The van der Waals surface area contributed by atoms with Crippen LogP contribution in [0.5, 0.6) is 0 Å². The van der Waals surface area contributed by atoms with Gasteiger partial charge in [-0.25, -0.2) is 0 Å². The molecular formula is C16H23BO. The lowest BCUT2D eigenvalue weighted by Crippen LogP contribution is -2.13. The molecule has 2 heteroatoms. The summed E-state index contributed by atoms with van der Waals surface area (Å²) in [5.74, 6) is 1.00. The van der Waals surface area contributed by atoms with Crippen molar-refractivity contribution >= 4 is 12.5 Å². The van der Waals surface area contributed by atoms with Crippen molar-refractivity contribution in [3.05, 3.63) is 35.4 Å². The molecule has 96 valence electrons. The first-order valence-electron chi connectivity index (χ1n) is 7.27. The van der Waals surface area contributed by atoms with Gasteiger partial charge in [-0.3, -0.25) is 4.79 Å². The van der Waals surface area contributed by atoms with Gasteiger partial charge < -0.3 is 0 Å². The van der Waals surface area contributed by atoms with Gasteiger partial charge in [-0.1, -0.05) is 63.6 Å². The number of Topliss-reactive ketones (excluding diaryl/α,β-unsaturated/α-hetero) is 1. The summed E-state index contributed by atoms with van der Waals surface area (Å²) in [5.41, 5.74) is 2.23. The van der Waals surface area contributed by atoms with E-state index in [-0.39, 0.29) is 0 Å². The van der Waals surface area contributed by atoms with Crippen LogP contribution in [0.2, 0.25) is 19.0 Å². The molecular weight excluding hydrogens is 219 g/mol. The van der Waals surface area contributed by atoms with Gasteiger partial charge in [-0.05, 0) is 24.2 Å². The van der Waals surface area contributed by atoms with E-state index in [1.807, 2.05) is 12.1 Å². The fourth-order valence-corrected chi connectivity index (χ4v) is 2.89. The minimum absolute atomic E-state index is 0.331. The van der Waals surface area contributed by atoms with Gasteiger partial charge in [0.15, 0.2) is 5.78 Å². The Balaban J connectivity index is 1.93. The lowest BCUT2D eigenvalue weighted by molar-refractivity contribution is 0.101. The maximum Gasteiger partial charge on any atom is 0.155 e. The van der Waals surface area contributed by atoms with Crippen molar-refractivity contribution in [2.45, 2.75) is 52.1 Å². The highest BCUT2D eigenvalue weighted by Gasteiger charge is 2.22. The average molecular weight is 242 g/mol. The first kappa shape index (κ1) is 13.4. The molecule has 0 atom stereocenters. The molecule has 1 nitrogen and oxygen atoms in total. The van der Waals surface area contributed by atoms with Gasteiger partial charge in [0.2, 0.25) is 0 Å². The Morgan fingerprint density at radius 1 is 1.17 bits per heavy atom. The SMILES string of the molecule is CC(C)Cc1ccc(C(=O)CB2CCCC2)cc1. The van der Waals surface area contributed by atoms with Crippen molar-refractivity contribution in [3.63, 3.8) is 0 Å². The van der Waals surface area contributed by atoms with Crippen LogP contribution in [-0.4, -0.2) is 12.5 Å². The molecule has 0 N–H and O–H groups in total. The maximum atomic E-state index is 12.1. The molecule has 0 radical (unpaired) electrons. The monoisotopic (exact) mass is 242 g/mol. The number of rotatable bonds is 5. The van der Waals surface area contributed by atoms with Crippen molar-refractivity contribution < 1.29 is 4.79 Å². The molecule has 1 heterocycles. The lowest BCUT2D eigenvalue weighted by Gasteiger charge is -2.07. The molecule has 0 aromatic heterocycles. The van der Waals surface area contributed by atoms with E-state index < -0.39 is 0 Å². The second kappa shape index (κ2) is 6.22. The molecule has 1 saturated heterocycles. The smallest absolute Gasteiger partial charge is 0.155 e. The largest absolute Gasteiger partial charge is 0.295 e. The van der Waals surface area contributed by atoms with Crippen molar-refractivity contribution in [1.82, 2.24) is 0 Å². The molecule has 1 aromatic rings. The van der Waals surface area contributed by atoms with Crippen LogP contribution in [0.3, 0.4) is 0 Å². The zero-order valence-corrected chi connectivity index (χ0v) is 11.6. The molecule has 1 aliphatic heterocycles. The molecule has 0 saturated carbocycles. The Morgan fingerprint density at radius 3 is 2.33 bits per heavy atom. The van der Waals surface area contributed by atoms with Crippen molar-refractivity contribution in [2.75, 3.05) is 0 Å². The maximum absolute atomic E-state index is 12.1. The molecule has 1 fully saturated rings. The molecule has 1 aliphatic rings. The number of benzene rings is 1. The number of hydrogen-bond donors (Lipinski definition) is 0. The Labute approximate surface area is 111 Å². The molecule has 0 spiro atoms. The minimum Gasteiger partial charge on any atom is -0.295 e. The predicted octanol–water partition coefficient (Wildman–Crippen LogP) is 4.36. The van der Waals surface area contributed by atoms with Gasteiger partial charge in [0.1, 0.15) is 6.71 Å². The number of carbonyl (C=O) groups excluding carboxylic acids is 1. The Kier molecular flexibility index (Phi) is 4.63. The van der Waals surface area contributed by atoms with E-state index in [9.17, 15) is 4.79 Å². The first-order chi connectivity index (χ1) is 8.65. The summed E-state index contributed by atoms with van der Waals surface area (Å²) in [6.45, 7) is 5.09. The highest BCUT2D eigenvalue weighted by Crippen LogP contribution is 2.23. The van der Waals surface area contributed by atoms with Crippen LogP contribution >= 0.6 is 0 Å². The van der Waals surface area contributed by atoms with E-state index in [1.54, 1.807) is 0 Å². The summed E-state index contributed by atoms with van der Waals surface area (Å²) in [4.78, 5) is 12.1. The normalized spacial score (nSPS) is 15.4. The average Bonchev–Trinajstić information content (AvgIpc) is 2.82. The highest BCUT2D eigenvalue weighted by molar-refractivity contribution is 6.63. The predicted molar refractivity (Wildman–Crippen MR) is 78.7 cm³/mol. The van der Waals surface area contributed by atoms with Crippen molar-refractivity contribution in [3.8, 4) is 0 Å². The molecule has 1 aromatic carbocycles. The summed E-state index contributed by atoms with van der Waals surface area (Å²) in [5, 5.41) is 0. The number of hydrogen-bond acceptors (Lipinski definition) is 1. The molecule has 18 heavy (non-hydrogen) atoms. The Morgan fingerprint density at radius 2 is 1.78 bits per heavy atom. The van der Waals surface area contributed by atoms with Gasteiger partial charge in [0.05, 0.1) is 0 Å². The second-order valence-corrected chi connectivity index (χ2v) is 6.07. The zero-order chi connectivity index (χ0) is 13.0. The molecule has 0 bridgehead atoms.